The Morgan fingerprint density at radius 1 is 1.03 bits per heavy atom. The number of nitrogens with one attached hydrogen (secondary N) is 1. The van der Waals surface area contributed by atoms with Gasteiger partial charge in [0.15, 0.2) is 5.76 Å². The zero-order valence-corrected chi connectivity index (χ0v) is 16.9. The van der Waals surface area contributed by atoms with Crippen LogP contribution in [0.15, 0.2) is 75.6 Å². The van der Waals surface area contributed by atoms with E-state index in [1.54, 1.807) is 48.5 Å². The number of nitro benzene ring substituents is 1. The maximum atomic E-state index is 12.6. The molecule has 0 saturated carbocycles. The monoisotopic (exact) mass is 434 g/mol. The molecule has 4 rings (SSSR count). The highest BCUT2D eigenvalue weighted by Gasteiger charge is 2.20. The van der Waals surface area contributed by atoms with Crippen molar-refractivity contribution in [2.24, 2.45) is 0 Å². The molecule has 4 aromatic rings. The number of nitro groups is 1. The highest BCUT2D eigenvalue weighted by molar-refractivity contribution is 6.03. The van der Waals surface area contributed by atoms with Crippen LogP contribution in [-0.4, -0.2) is 23.0 Å². The van der Waals surface area contributed by atoms with E-state index in [4.69, 9.17) is 13.6 Å². The number of carbonyl (C=O) groups excluding carboxylic acids is 1. The summed E-state index contributed by atoms with van der Waals surface area (Å²) in [5, 5.41) is 23.1. The van der Waals surface area contributed by atoms with Gasteiger partial charge in [-0.15, -0.1) is 0 Å². The number of amides is 1. The fraction of sp³-hybridized carbons (Fsp3) is 0.0870. The number of hydrogen-bond acceptors (Lipinski definition) is 7. The predicted molar refractivity (Wildman–Crippen MR) is 115 cm³/mol. The van der Waals surface area contributed by atoms with Crippen LogP contribution >= 0.6 is 0 Å². The molecular formula is C23H18N2O7. The molecule has 32 heavy (non-hydrogen) atoms. The molecule has 162 valence electrons. The van der Waals surface area contributed by atoms with Crippen LogP contribution in [0.3, 0.4) is 0 Å². The van der Waals surface area contributed by atoms with Crippen LogP contribution in [0.25, 0.3) is 22.6 Å². The van der Waals surface area contributed by atoms with Gasteiger partial charge in [-0.1, -0.05) is 12.1 Å². The molecule has 2 N–H and O–H groups in total. The van der Waals surface area contributed by atoms with Crippen LogP contribution in [0.2, 0.25) is 0 Å². The predicted octanol–water partition coefficient (Wildman–Crippen LogP) is 4.87. The average molecular weight is 434 g/mol. The maximum absolute atomic E-state index is 12.6. The first-order valence-electron chi connectivity index (χ1n) is 9.53. The van der Waals surface area contributed by atoms with Gasteiger partial charge in [0.25, 0.3) is 11.6 Å². The van der Waals surface area contributed by atoms with Crippen molar-refractivity contribution in [3.05, 3.63) is 88.4 Å². The molecule has 0 unspecified atom stereocenters. The van der Waals surface area contributed by atoms with Crippen molar-refractivity contribution >= 4 is 17.3 Å². The zero-order valence-electron chi connectivity index (χ0n) is 16.9. The lowest BCUT2D eigenvalue weighted by Gasteiger charge is -2.10. The van der Waals surface area contributed by atoms with Crippen LogP contribution in [0.5, 0.6) is 5.75 Å². The molecule has 0 radical (unpaired) electrons. The summed E-state index contributed by atoms with van der Waals surface area (Å²) in [6.45, 7) is -0.215. The van der Waals surface area contributed by atoms with E-state index in [9.17, 15) is 20.0 Å². The number of rotatable bonds is 7. The first kappa shape index (κ1) is 20.9. The van der Waals surface area contributed by atoms with E-state index in [0.29, 0.717) is 28.5 Å². The van der Waals surface area contributed by atoms with Crippen LogP contribution in [0.1, 0.15) is 16.3 Å². The Balaban J connectivity index is 1.55. The van der Waals surface area contributed by atoms with Crippen LogP contribution in [0.4, 0.5) is 11.4 Å². The number of aliphatic hydroxyl groups is 1. The minimum absolute atomic E-state index is 0.000170. The lowest BCUT2D eigenvalue weighted by molar-refractivity contribution is -0.384. The Morgan fingerprint density at radius 3 is 2.50 bits per heavy atom. The molecule has 2 aromatic heterocycles. The normalized spacial score (nSPS) is 10.7. The smallest absolute Gasteiger partial charge is 0.291 e. The third kappa shape index (κ3) is 4.09. The fourth-order valence-electron chi connectivity index (χ4n) is 3.22. The topological polar surface area (TPSA) is 128 Å². The number of carbonyl (C=O) groups is 1. The number of anilines is 1. The molecule has 0 saturated heterocycles. The number of benzene rings is 2. The van der Waals surface area contributed by atoms with Crippen LogP contribution in [0, 0.1) is 10.1 Å². The van der Waals surface area contributed by atoms with Crippen molar-refractivity contribution in [2.45, 2.75) is 6.61 Å². The number of aliphatic hydroxyl groups excluding tert-OH is 1. The number of furan rings is 2. The number of hydrogen-bond donors (Lipinski definition) is 2. The van der Waals surface area contributed by atoms with Crippen LogP contribution in [-0.2, 0) is 6.61 Å². The van der Waals surface area contributed by atoms with E-state index in [2.05, 4.69) is 5.32 Å². The Hall–Kier alpha value is -4.37. The molecule has 9 heteroatoms. The molecule has 2 heterocycles. The van der Waals surface area contributed by atoms with Gasteiger partial charge in [-0.3, -0.25) is 14.9 Å². The summed E-state index contributed by atoms with van der Waals surface area (Å²) in [6.07, 6.45) is 0. The van der Waals surface area contributed by atoms with Gasteiger partial charge in [0.05, 0.1) is 23.2 Å². The van der Waals surface area contributed by atoms with Crippen molar-refractivity contribution in [2.75, 3.05) is 12.4 Å². The van der Waals surface area contributed by atoms with Gasteiger partial charge in [0.1, 0.15) is 29.6 Å². The summed E-state index contributed by atoms with van der Waals surface area (Å²) >= 11 is 0. The van der Waals surface area contributed by atoms with Gasteiger partial charge in [-0.2, -0.15) is 0 Å². The molecule has 0 aliphatic rings. The van der Waals surface area contributed by atoms with E-state index in [0.717, 1.165) is 0 Å². The summed E-state index contributed by atoms with van der Waals surface area (Å²) < 4.78 is 16.5. The molecule has 1 amide bonds. The Kier molecular flexibility index (Phi) is 5.73. The van der Waals surface area contributed by atoms with E-state index < -0.39 is 10.8 Å². The third-order valence-electron chi connectivity index (χ3n) is 4.74. The van der Waals surface area contributed by atoms with E-state index in [1.807, 2.05) is 0 Å². The molecule has 0 aliphatic heterocycles. The second-order valence-corrected chi connectivity index (χ2v) is 6.73. The highest BCUT2D eigenvalue weighted by atomic mass is 16.6. The summed E-state index contributed by atoms with van der Waals surface area (Å²) in [5.41, 5.74) is 1.27. The highest BCUT2D eigenvalue weighted by Crippen LogP contribution is 2.34. The first-order chi connectivity index (χ1) is 15.5. The lowest BCUT2D eigenvalue weighted by atomic mass is 10.1. The van der Waals surface area contributed by atoms with Crippen molar-refractivity contribution < 1.29 is 28.4 Å². The van der Waals surface area contributed by atoms with Crippen LogP contribution < -0.4 is 10.1 Å². The first-order valence-corrected chi connectivity index (χ1v) is 9.53. The number of para-hydroxylation sites is 1. The summed E-state index contributed by atoms with van der Waals surface area (Å²) in [5.74, 6) is 1.09. The molecule has 0 bridgehead atoms. The molecule has 0 atom stereocenters. The van der Waals surface area contributed by atoms with Gasteiger partial charge >= 0.3 is 0 Å². The number of ether oxygens (including phenoxy) is 1. The van der Waals surface area contributed by atoms with Gasteiger partial charge in [0, 0.05) is 17.8 Å². The van der Waals surface area contributed by atoms with Gasteiger partial charge in [-0.25, -0.2) is 0 Å². The minimum Gasteiger partial charge on any atom is -0.496 e. The SMILES string of the molecule is COc1cc(NC(=O)c2ccc(-c3ccccc3[N+](=O)[O-])o2)ccc1-c1ccc(CO)o1. The van der Waals surface area contributed by atoms with Crippen molar-refractivity contribution in [1.29, 1.82) is 0 Å². The van der Waals surface area contributed by atoms with Gasteiger partial charge < -0.3 is 24.0 Å². The summed E-state index contributed by atoms with van der Waals surface area (Å²) in [6, 6.07) is 17.5. The van der Waals surface area contributed by atoms with E-state index in [-0.39, 0.29) is 29.4 Å². The second-order valence-electron chi connectivity index (χ2n) is 6.73. The van der Waals surface area contributed by atoms with Gasteiger partial charge in [-0.05, 0) is 42.5 Å². The largest absolute Gasteiger partial charge is 0.496 e. The molecule has 0 spiro atoms. The molecule has 0 fully saturated rings. The average Bonchev–Trinajstić information content (AvgIpc) is 3.49. The summed E-state index contributed by atoms with van der Waals surface area (Å²) in [4.78, 5) is 23.4. The standard InChI is InChI=1S/C23H18N2O7/c1-30-22-12-14(6-8-17(22)20-9-7-15(13-26)31-20)24-23(27)21-11-10-19(32-21)16-4-2-3-5-18(16)25(28)29/h2-12,26H,13H2,1H3,(H,24,27). The molecule has 9 nitrogen and oxygen atoms in total. The van der Waals surface area contributed by atoms with E-state index >= 15 is 0 Å². The molecular weight excluding hydrogens is 416 g/mol. The molecule has 0 aliphatic carbocycles. The fourth-order valence-corrected chi connectivity index (χ4v) is 3.22. The van der Waals surface area contributed by atoms with Crippen molar-refractivity contribution in [1.82, 2.24) is 0 Å². The third-order valence-corrected chi connectivity index (χ3v) is 4.74. The van der Waals surface area contributed by atoms with E-state index in [1.165, 1.54) is 25.3 Å². The van der Waals surface area contributed by atoms with Crippen molar-refractivity contribution in [3.63, 3.8) is 0 Å². The quantitative estimate of drug-likeness (QED) is 0.314. The minimum atomic E-state index is -0.523. The Bertz CT molecular complexity index is 1290. The second kappa shape index (κ2) is 8.78. The lowest BCUT2D eigenvalue weighted by Crippen LogP contribution is -2.10. The number of methoxy groups -OCH3 is 1. The van der Waals surface area contributed by atoms with Crippen molar-refractivity contribution in [3.8, 4) is 28.4 Å². The summed E-state index contributed by atoms with van der Waals surface area (Å²) in [7, 11) is 1.49. The van der Waals surface area contributed by atoms with Gasteiger partial charge in [0.2, 0.25) is 0 Å². The number of nitrogens with zero attached hydrogens (tertiary/aromatic N) is 1. The molecule has 2 aromatic carbocycles. The Morgan fingerprint density at radius 2 is 1.78 bits per heavy atom. The maximum Gasteiger partial charge on any atom is 0.291 e. The zero-order chi connectivity index (χ0) is 22.7. The Labute approximate surface area is 182 Å².